The Morgan fingerprint density at radius 3 is 2.31 bits per heavy atom. The fourth-order valence-electron chi connectivity index (χ4n) is 10.0. The maximum atomic E-state index is 14.8. The number of allylic oxidation sites excluding steroid dienone is 3. The van der Waals surface area contributed by atoms with Crippen LogP contribution in [0, 0.1) is 40.9 Å². The highest BCUT2D eigenvalue weighted by Gasteiger charge is 2.60. The molecule has 2 N–H and O–H groups in total. The first-order chi connectivity index (χ1) is 24.3. The van der Waals surface area contributed by atoms with Crippen LogP contribution in [0.15, 0.2) is 22.8 Å². The SMILES string of the molecule is CCOC1(C)CC(O)C2=C(C)CC3C(=O)CC(C)CCCC(C)C(=O)CC(C(C)C)C(=O)CC3(C(=O)OC)C2C=C(C)CCC(O)C2(C)CCC1O2. The van der Waals surface area contributed by atoms with Gasteiger partial charge in [-0.1, -0.05) is 57.8 Å². The Bertz CT molecular complexity index is 1400. The molecule has 0 spiro atoms. The van der Waals surface area contributed by atoms with Crippen LogP contribution >= 0.6 is 0 Å². The lowest BCUT2D eigenvalue weighted by Crippen LogP contribution is -2.55. The number of aliphatic hydroxyl groups is 2. The van der Waals surface area contributed by atoms with Crippen LogP contribution in [-0.2, 0) is 33.4 Å². The van der Waals surface area contributed by atoms with Crippen molar-refractivity contribution in [1.29, 1.82) is 0 Å². The predicted octanol–water partition coefficient (Wildman–Crippen LogP) is 7.29. The van der Waals surface area contributed by atoms with E-state index in [2.05, 4.69) is 0 Å². The molecule has 0 radical (unpaired) electrons. The smallest absolute Gasteiger partial charge is 0.313 e. The molecule has 2 fully saturated rings. The lowest BCUT2D eigenvalue weighted by Gasteiger charge is -2.49. The van der Waals surface area contributed by atoms with Crippen molar-refractivity contribution in [2.75, 3.05) is 13.7 Å². The first-order valence-corrected chi connectivity index (χ1v) is 20.0. The molecule has 0 aromatic carbocycles. The molecule has 2 aliphatic heterocycles. The van der Waals surface area contributed by atoms with Crippen LogP contribution in [0.1, 0.15) is 139 Å². The second-order valence-corrected chi connectivity index (χ2v) is 17.8. The number of aliphatic hydroxyl groups excluding tert-OH is 2. The Balaban J connectivity index is 2.00. The second kappa shape index (κ2) is 17.1. The quantitative estimate of drug-likeness (QED) is 0.226. The normalized spacial score (nSPS) is 40.5. The van der Waals surface area contributed by atoms with Crippen LogP contribution in [0.25, 0.3) is 0 Å². The van der Waals surface area contributed by atoms with E-state index in [1.807, 2.05) is 68.4 Å². The van der Waals surface area contributed by atoms with Crippen molar-refractivity contribution < 1.29 is 43.6 Å². The standard InChI is InChI=1S/C43H68O9/c1-11-51-42(9)23-36(47)39-29(7)21-31-34(45)20-26(4)13-12-14-28(6)33(44)22-30(25(2)3)35(46)24-43(31,40(49)50-10)32(39)19-27(5)15-16-37(48)41(8)18-17-38(42)52-41/h19,25-26,28,30-32,36-38,47-48H,11-18,20-24H2,1-10H3. The number of ketones is 3. The Morgan fingerprint density at radius 2 is 1.67 bits per heavy atom. The summed E-state index contributed by atoms with van der Waals surface area (Å²) in [6, 6.07) is 0. The third kappa shape index (κ3) is 8.68. The molecule has 52 heavy (non-hydrogen) atoms. The van der Waals surface area contributed by atoms with E-state index in [4.69, 9.17) is 14.2 Å². The number of rotatable bonds is 4. The lowest BCUT2D eigenvalue weighted by atomic mass is 9.52. The highest BCUT2D eigenvalue weighted by Crippen LogP contribution is 2.56. The van der Waals surface area contributed by atoms with Crippen LogP contribution in [0.5, 0.6) is 0 Å². The maximum Gasteiger partial charge on any atom is 0.313 e. The van der Waals surface area contributed by atoms with Crippen LogP contribution in [0.4, 0.5) is 0 Å². The Hall–Kier alpha value is -2.20. The molecular weight excluding hydrogens is 660 g/mol. The molecule has 1 saturated carbocycles. The van der Waals surface area contributed by atoms with Crippen molar-refractivity contribution in [1.82, 2.24) is 0 Å². The molecule has 0 aromatic rings. The van der Waals surface area contributed by atoms with Crippen molar-refractivity contribution in [3.8, 4) is 0 Å². The molecule has 0 amide bonds. The van der Waals surface area contributed by atoms with Crippen molar-refractivity contribution in [2.45, 2.75) is 169 Å². The molecule has 11 atom stereocenters. The zero-order valence-corrected chi connectivity index (χ0v) is 33.7. The van der Waals surface area contributed by atoms with Crippen LogP contribution < -0.4 is 0 Å². The molecule has 0 aromatic heterocycles. The Labute approximate surface area is 312 Å². The number of carbonyl (C=O) groups excluding carboxylic acids is 4. The van der Waals surface area contributed by atoms with Gasteiger partial charge in [0, 0.05) is 56.0 Å². The van der Waals surface area contributed by atoms with Gasteiger partial charge in [-0.25, -0.2) is 0 Å². The molecule has 2 bridgehead atoms. The molecule has 2 heterocycles. The van der Waals surface area contributed by atoms with Crippen molar-refractivity contribution in [2.24, 2.45) is 40.9 Å². The molecule has 4 rings (SSSR count). The van der Waals surface area contributed by atoms with Gasteiger partial charge in [-0.3, -0.25) is 19.2 Å². The third-order valence-electron chi connectivity index (χ3n) is 13.4. The highest BCUT2D eigenvalue weighted by atomic mass is 16.6. The van der Waals surface area contributed by atoms with E-state index < -0.39 is 58.7 Å². The zero-order chi connectivity index (χ0) is 38.8. The summed E-state index contributed by atoms with van der Waals surface area (Å²) < 4.78 is 18.7. The van der Waals surface area contributed by atoms with Crippen molar-refractivity contribution in [3.63, 3.8) is 0 Å². The first kappa shape index (κ1) is 42.5. The number of ether oxygens (including phenoxy) is 3. The summed E-state index contributed by atoms with van der Waals surface area (Å²) in [7, 11) is 1.30. The van der Waals surface area contributed by atoms with E-state index in [0.717, 1.165) is 24.0 Å². The molecular formula is C43H68O9. The molecule has 4 aliphatic rings. The highest BCUT2D eigenvalue weighted by molar-refractivity contribution is 5.97. The maximum absolute atomic E-state index is 14.8. The zero-order valence-electron chi connectivity index (χ0n) is 33.7. The largest absolute Gasteiger partial charge is 0.469 e. The Kier molecular flexibility index (Phi) is 14.0. The van der Waals surface area contributed by atoms with Gasteiger partial charge in [-0.05, 0) is 90.6 Å². The topological polar surface area (TPSA) is 136 Å². The van der Waals surface area contributed by atoms with Gasteiger partial charge in [0.1, 0.15) is 17.3 Å². The summed E-state index contributed by atoms with van der Waals surface area (Å²) in [5, 5.41) is 24.0. The monoisotopic (exact) mass is 728 g/mol. The fraction of sp³-hybridized carbons (Fsp3) is 0.814. The number of esters is 1. The number of Topliss-reactive ketones (excluding diaryl/α,β-unsaturated/α-hetero) is 3. The average Bonchev–Trinajstić information content (AvgIpc) is 3.49. The van der Waals surface area contributed by atoms with Gasteiger partial charge in [0.05, 0.1) is 42.0 Å². The minimum Gasteiger partial charge on any atom is -0.469 e. The summed E-state index contributed by atoms with van der Waals surface area (Å²) in [5.74, 6) is -3.66. The molecule has 9 nitrogen and oxygen atoms in total. The molecule has 9 heteroatoms. The van der Waals surface area contributed by atoms with Gasteiger partial charge in [-0.2, -0.15) is 0 Å². The van der Waals surface area contributed by atoms with Crippen LogP contribution in [0.2, 0.25) is 0 Å². The van der Waals surface area contributed by atoms with E-state index in [1.54, 1.807) is 0 Å². The van der Waals surface area contributed by atoms with E-state index >= 15 is 0 Å². The number of methoxy groups -OCH3 is 1. The Morgan fingerprint density at radius 1 is 0.981 bits per heavy atom. The molecule has 11 unspecified atom stereocenters. The summed E-state index contributed by atoms with van der Waals surface area (Å²) >= 11 is 0. The third-order valence-corrected chi connectivity index (χ3v) is 13.4. The molecule has 2 aliphatic carbocycles. The number of hydrogen-bond acceptors (Lipinski definition) is 9. The summed E-state index contributed by atoms with van der Waals surface area (Å²) in [5.41, 5.74) is -1.09. The van der Waals surface area contributed by atoms with E-state index in [1.165, 1.54) is 7.11 Å². The van der Waals surface area contributed by atoms with Gasteiger partial charge in [-0.15, -0.1) is 0 Å². The molecule has 1 saturated heterocycles. The van der Waals surface area contributed by atoms with Gasteiger partial charge < -0.3 is 24.4 Å². The summed E-state index contributed by atoms with van der Waals surface area (Å²) in [4.78, 5) is 57.8. The number of fused-ring (bicyclic) bond motifs is 5. The first-order valence-electron chi connectivity index (χ1n) is 20.0. The van der Waals surface area contributed by atoms with Gasteiger partial charge in [0.25, 0.3) is 0 Å². The van der Waals surface area contributed by atoms with Crippen molar-refractivity contribution in [3.05, 3.63) is 22.8 Å². The predicted molar refractivity (Wildman–Crippen MR) is 200 cm³/mol. The number of carbonyl (C=O) groups is 4. The van der Waals surface area contributed by atoms with Gasteiger partial charge in [0.15, 0.2) is 0 Å². The van der Waals surface area contributed by atoms with Gasteiger partial charge >= 0.3 is 5.97 Å². The van der Waals surface area contributed by atoms with Gasteiger partial charge in [0.2, 0.25) is 0 Å². The lowest BCUT2D eigenvalue weighted by molar-refractivity contribution is -0.183. The second-order valence-electron chi connectivity index (χ2n) is 17.8. The minimum absolute atomic E-state index is 0.0194. The van der Waals surface area contributed by atoms with Crippen LogP contribution in [0.3, 0.4) is 0 Å². The van der Waals surface area contributed by atoms with E-state index in [-0.39, 0.29) is 67.2 Å². The fourth-order valence-corrected chi connectivity index (χ4v) is 10.0. The summed E-state index contributed by atoms with van der Waals surface area (Å²) in [6.45, 7) is 17.9. The van der Waals surface area contributed by atoms with Crippen LogP contribution in [-0.4, -0.2) is 76.8 Å². The minimum atomic E-state index is -1.66. The molecule has 294 valence electrons. The summed E-state index contributed by atoms with van der Waals surface area (Å²) in [6.07, 6.45) is 4.53. The number of hydrogen-bond donors (Lipinski definition) is 2. The van der Waals surface area contributed by atoms with E-state index in [0.29, 0.717) is 44.3 Å². The average molecular weight is 729 g/mol. The van der Waals surface area contributed by atoms with Crippen molar-refractivity contribution >= 4 is 23.3 Å². The van der Waals surface area contributed by atoms with E-state index in [9.17, 15) is 29.4 Å².